The van der Waals surface area contributed by atoms with Crippen molar-refractivity contribution < 1.29 is 14.5 Å². The summed E-state index contributed by atoms with van der Waals surface area (Å²) in [5.74, 6) is -0.372. The van der Waals surface area contributed by atoms with E-state index >= 15 is 0 Å². The van der Waals surface area contributed by atoms with Crippen LogP contribution in [0.2, 0.25) is 5.02 Å². The second-order valence-corrected chi connectivity index (χ2v) is 4.75. The van der Waals surface area contributed by atoms with Crippen LogP contribution in [0.4, 0.5) is 5.69 Å². The first-order chi connectivity index (χ1) is 9.47. The summed E-state index contributed by atoms with van der Waals surface area (Å²) in [5, 5.41) is 11.4. The lowest BCUT2D eigenvalue weighted by molar-refractivity contribution is -0.385. The molecular weight excluding hydrogens is 284 g/mol. The molecule has 0 unspecified atom stereocenters. The standard InChI is InChI=1S/C13H17ClN2O4/c1-3-6-15(9-13(17)20-2)8-10-7-11(14)4-5-12(10)16(18)19/h4-5,7H,3,6,8-9H2,1-2H3. The number of esters is 1. The number of halogens is 1. The van der Waals surface area contributed by atoms with Crippen molar-refractivity contribution in [2.75, 3.05) is 20.2 Å². The molecule has 0 radical (unpaired) electrons. The predicted molar refractivity (Wildman–Crippen MR) is 75.7 cm³/mol. The number of hydrogen-bond donors (Lipinski definition) is 0. The molecule has 0 saturated heterocycles. The van der Waals surface area contributed by atoms with E-state index in [1.807, 2.05) is 6.92 Å². The lowest BCUT2D eigenvalue weighted by Gasteiger charge is -2.20. The normalized spacial score (nSPS) is 10.6. The van der Waals surface area contributed by atoms with E-state index in [-0.39, 0.29) is 24.7 Å². The molecule has 7 heteroatoms. The highest BCUT2D eigenvalue weighted by atomic mass is 35.5. The number of nitro benzene ring substituents is 1. The molecule has 0 aliphatic carbocycles. The van der Waals surface area contributed by atoms with Crippen LogP contribution in [-0.2, 0) is 16.1 Å². The molecule has 0 aliphatic heterocycles. The lowest BCUT2D eigenvalue weighted by Crippen LogP contribution is -2.31. The second kappa shape index (κ2) is 7.81. The van der Waals surface area contributed by atoms with Crippen LogP contribution in [0, 0.1) is 10.1 Å². The number of rotatable bonds is 7. The van der Waals surface area contributed by atoms with Gasteiger partial charge < -0.3 is 4.74 Å². The van der Waals surface area contributed by atoms with E-state index in [1.165, 1.54) is 19.2 Å². The van der Waals surface area contributed by atoms with Gasteiger partial charge in [-0.1, -0.05) is 18.5 Å². The fourth-order valence-electron chi connectivity index (χ4n) is 1.88. The van der Waals surface area contributed by atoms with Gasteiger partial charge >= 0.3 is 5.97 Å². The lowest BCUT2D eigenvalue weighted by atomic mass is 10.1. The fourth-order valence-corrected chi connectivity index (χ4v) is 2.07. The monoisotopic (exact) mass is 300 g/mol. The van der Waals surface area contributed by atoms with Gasteiger partial charge in [0.2, 0.25) is 0 Å². The van der Waals surface area contributed by atoms with Crippen LogP contribution < -0.4 is 0 Å². The molecule has 0 aliphatic rings. The Bertz CT molecular complexity index is 493. The van der Waals surface area contributed by atoms with Crippen molar-refractivity contribution >= 4 is 23.3 Å². The van der Waals surface area contributed by atoms with E-state index in [2.05, 4.69) is 4.74 Å². The Hall–Kier alpha value is -1.66. The quantitative estimate of drug-likeness (QED) is 0.440. The molecule has 1 rings (SSSR count). The van der Waals surface area contributed by atoms with Gasteiger partial charge in [-0.2, -0.15) is 0 Å². The highest BCUT2D eigenvalue weighted by molar-refractivity contribution is 6.30. The minimum Gasteiger partial charge on any atom is -0.468 e. The predicted octanol–water partition coefficient (Wildman–Crippen LogP) is 2.63. The second-order valence-electron chi connectivity index (χ2n) is 4.32. The maximum absolute atomic E-state index is 11.3. The molecule has 0 spiro atoms. The van der Waals surface area contributed by atoms with Gasteiger partial charge in [0.05, 0.1) is 18.6 Å². The summed E-state index contributed by atoms with van der Waals surface area (Å²) in [6.45, 7) is 2.98. The van der Waals surface area contributed by atoms with Gasteiger partial charge in [-0.15, -0.1) is 0 Å². The number of benzene rings is 1. The van der Waals surface area contributed by atoms with Crippen LogP contribution >= 0.6 is 11.6 Å². The van der Waals surface area contributed by atoms with Gasteiger partial charge in [-0.3, -0.25) is 19.8 Å². The minimum absolute atomic E-state index is 0.000342. The van der Waals surface area contributed by atoms with E-state index in [1.54, 1.807) is 11.0 Å². The maximum atomic E-state index is 11.3. The largest absolute Gasteiger partial charge is 0.468 e. The van der Waals surface area contributed by atoms with Crippen LogP contribution in [-0.4, -0.2) is 36.0 Å². The number of nitro groups is 1. The van der Waals surface area contributed by atoms with E-state index in [9.17, 15) is 14.9 Å². The Morgan fingerprint density at radius 3 is 2.75 bits per heavy atom. The Morgan fingerprint density at radius 2 is 2.20 bits per heavy atom. The van der Waals surface area contributed by atoms with Gasteiger partial charge in [0.15, 0.2) is 0 Å². The average Bonchev–Trinajstić information content (AvgIpc) is 2.38. The van der Waals surface area contributed by atoms with Gasteiger partial charge in [-0.25, -0.2) is 0 Å². The number of carbonyl (C=O) groups is 1. The summed E-state index contributed by atoms with van der Waals surface area (Å²) in [4.78, 5) is 23.7. The van der Waals surface area contributed by atoms with Crippen LogP contribution in [0.3, 0.4) is 0 Å². The molecule has 110 valence electrons. The fraction of sp³-hybridized carbons (Fsp3) is 0.462. The Labute approximate surface area is 122 Å². The Balaban J connectivity index is 2.94. The molecule has 0 saturated carbocycles. The summed E-state index contributed by atoms with van der Waals surface area (Å²) in [5.41, 5.74) is 0.486. The molecule has 0 N–H and O–H groups in total. The van der Waals surface area contributed by atoms with E-state index < -0.39 is 4.92 Å². The third kappa shape index (κ3) is 4.79. The number of carbonyl (C=O) groups excluding carboxylic acids is 1. The van der Waals surface area contributed by atoms with Crippen LogP contribution in [0.15, 0.2) is 18.2 Å². The van der Waals surface area contributed by atoms with E-state index in [0.29, 0.717) is 17.1 Å². The minimum atomic E-state index is -0.450. The zero-order chi connectivity index (χ0) is 15.1. The maximum Gasteiger partial charge on any atom is 0.319 e. The summed E-state index contributed by atoms with van der Waals surface area (Å²) >= 11 is 5.88. The van der Waals surface area contributed by atoms with Crippen LogP contribution in [0.1, 0.15) is 18.9 Å². The molecule has 1 aromatic rings. The van der Waals surface area contributed by atoms with Crippen molar-refractivity contribution in [1.29, 1.82) is 0 Å². The van der Waals surface area contributed by atoms with Crippen molar-refractivity contribution in [3.05, 3.63) is 38.9 Å². The Morgan fingerprint density at radius 1 is 1.50 bits per heavy atom. The molecule has 0 atom stereocenters. The van der Waals surface area contributed by atoms with Crippen molar-refractivity contribution in [2.45, 2.75) is 19.9 Å². The van der Waals surface area contributed by atoms with Crippen LogP contribution in [0.25, 0.3) is 0 Å². The van der Waals surface area contributed by atoms with Gasteiger partial charge in [0.25, 0.3) is 5.69 Å². The van der Waals surface area contributed by atoms with E-state index in [0.717, 1.165) is 6.42 Å². The molecule has 0 amide bonds. The van der Waals surface area contributed by atoms with Gasteiger partial charge in [-0.05, 0) is 25.1 Å². The Kier molecular flexibility index (Phi) is 6.41. The molecular formula is C13H17ClN2O4. The zero-order valence-electron chi connectivity index (χ0n) is 11.5. The third-order valence-corrected chi connectivity index (χ3v) is 2.99. The van der Waals surface area contributed by atoms with Crippen molar-refractivity contribution in [2.24, 2.45) is 0 Å². The highest BCUT2D eigenvalue weighted by Gasteiger charge is 2.18. The number of hydrogen-bond acceptors (Lipinski definition) is 5. The first kappa shape index (κ1) is 16.4. The number of methoxy groups -OCH3 is 1. The smallest absolute Gasteiger partial charge is 0.319 e. The first-order valence-corrected chi connectivity index (χ1v) is 6.57. The molecule has 0 aromatic heterocycles. The van der Waals surface area contributed by atoms with Gasteiger partial charge in [0, 0.05) is 23.2 Å². The topological polar surface area (TPSA) is 72.7 Å². The van der Waals surface area contributed by atoms with Crippen molar-refractivity contribution in [3.8, 4) is 0 Å². The van der Waals surface area contributed by atoms with Crippen molar-refractivity contribution in [1.82, 2.24) is 4.90 Å². The van der Waals surface area contributed by atoms with Crippen molar-refractivity contribution in [3.63, 3.8) is 0 Å². The molecule has 20 heavy (non-hydrogen) atoms. The number of ether oxygens (including phenoxy) is 1. The molecule has 6 nitrogen and oxygen atoms in total. The summed E-state index contributed by atoms with van der Waals surface area (Å²) < 4.78 is 4.63. The molecule has 1 aromatic carbocycles. The van der Waals surface area contributed by atoms with Gasteiger partial charge in [0.1, 0.15) is 0 Å². The zero-order valence-corrected chi connectivity index (χ0v) is 12.2. The average molecular weight is 301 g/mol. The summed E-state index contributed by atoms with van der Waals surface area (Å²) in [6.07, 6.45) is 0.825. The van der Waals surface area contributed by atoms with Crippen LogP contribution in [0.5, 0.6) is 0 Å². The number of nitrogens with zero attached hydrogens (tertiary/aromatic N) is 2. The highest BCUT2D eigenvalue weighted by Crippen LogP contribution is 2.24. The SMILES string of the molecule is CCCN(CC(=O)OC)Cc1cc(Cl)ccc1[N+](=O)[O-]. The molecule has 0 heterocycles. The third-order valence-electron chi connectivity index (χ3n) is 2.75. The molecule has 0 bridgehead atoms. The summed E-state index contributed by atoms with van der Waals surface area (Å²) in [6, 6.07) is 4.41. The first-order valence-electron chi connectivity index (χ1n) is 6.20. The van der Waals surface area contributed by atoms with E-state index in [4.69, 9.17) is 11.6 Å². The molecule has 0 fully saturated rings. The summed E-state index contributed by atoms with van der Waals surface area (Å²) in [7, 11) is 1.31.